The highest BCUT2D eigenvalue weighted by Gasteiger charge is 2.32. The highest BCUT2D eigenvalue weighted by atomic mass is 16.7. The van der Waals surface area contributed by atoms with E-state index in [1.54, 1.807) is 0 Å². The molecular weight excluding hydrogens is 254 g/mol. The van der Waals surface area contributed by atoms with Crippen LogP contribution in [0.3, 0.4) is 0 Å². The zero-order chi connectivity index (χ0) is 14.4. The highest BCUT2D eigenvalue weighted by molar-refractivity contribution is 5.27. The first-order valence-electron chi connectivity index (χ1n) is 7.33. The minimum Gasteiger partial charge on any atom is -0.494 e. The Bertz CT molecular complexity index is 403. The molecule has 4 nitrogen and oxygen atoms in total. The smallest absolute Gasteiger partial charge is 0.163 e. The molecule has 1 unspecified atom stereocenters. The maximum Gasteiger partial charge on any atom is 0.163 e. The number of hydrogen-bond donors (Lipinski definition) is 1. The molecule has 1 fully saturated rings. The van der Waals surface area contributed by atoms with Gasteiger partial charge in [0, 0.05) is 13.1 Å². The molecule has 0 saturated carbocycles. The maximum absolute atomic E-state index is 5.75. The summed E-state index contributed by atoms with van der Waals surface area (Å²) in [6.07, 6.45) is 1.17. The lowest BCUT2D eigenvalue weighted by Crippen LogP contribution is -2.30. The van der Waals surface area contributed by atoms with E-state index in [9.17, 15) is 0 Å². The summed E-state index contributed by atoms with van der Waals surface area (Å²) in [7, 11) is 0. The number of nitrogens with one attached hydrogen (secondary N) is 1. The molecule has 20 heavy (non-hydrogen) atoms. The topological polar surface area (TPSA) is 39.7 Å². The van der Waals surface area contributed by atoms with E-state index in [1.165, 1.54) is 5.56 Å². The summed E-state index contributed by atoms with van der Waals surface area (Å²) in [5.74, 6) is 0.495. The Balaban J connectivity index is 1.69. The Morgan fingerprint density at radius 2 is 2.05 bits per heavy atom. The number of rotatable bonds is 7. The predicted molar refractivity (Wildman–Crippen MR) is 78.8 cm³/mol. The highest BCUT2D eigenvalue weighted by Crippen LogP contribution is 2.21. The van der Waals surface area contributed by atoms with E-state index < -0.39 is 5.79 Å². The van der Waals surface area contributed by atoms with Gasteiger partial charge in [0.1, 0.15) is 5.75 Å². The number of hydrogen-bond acceptors (Lipinski definition) is 4. The molecule has 2 rings (SSSR count). The van der Waals surface area contributed by atoms with E-state index in [0.717, 1.165) is 31.9 Å². The van der Waals surface area contributed by atoms with Crippen LogP contribution < -0.4 is 10.1 Å². The second kappa shape index (κ2) is 7.07. The Morgan fingerprint density at radius 1 is 1.30 bits per heavy atom. The fraction of sp³-hybridized carbons (Fsp3) is 0.625. The van der Waals surface area contributed by atoms with Crippen molar-refractivity contribution in [1.29, 1.82) is 0 Å². The lowest BCUT2D eigenvalue weighted by molar-refractivity contribution is -0.137. The van der Waals surface area contributed by atoms with Gasteiger partial charge in [-0.1, -0.05) is 19.1 Å². The summed E-state index contributed by atoms with van der Waals surface area (Å²) in [6, 6.07) is 8.22. The molecule has 1 saturated heterocycles. The molecule has 1 aromatic rings. The van der Waals surface area contributed by atoms with Crippen molar-refractivity contribution >= 4 is 0 Å². The lowest BCUT2D eigenvalue weighted by Gasteiger charge is -2.17. The molecule has 0 radical (unpaired) electrons. The van der Waals surface area contributed by atoms with Crippen molar-refractivity contribution in [2.45, 2.75) is 45.6 Å². The van der Waals surface area contributed by atoms with Crippen molar-refractivity contribution in [1.82, 2.24) is 5.32 Å². The zero-order valence-corrected chi connectivity index (χ0v) is 12.6. The Kier molecular flexibility index (Phi) is 5.40. The Morgan fingerprint density at radius 3 is 2.65 bits per heavy atom. The first kappa shape index (κ1) is 15.3. The van der Waals surface area contributed by atoms with Crippen molar-refractivity contribution in [2.24, 2.45) is 0 Å². The summed E-state index contributed by atoms with van der Waals surface area (Å²) in [5.41, 5.74) is 1.24. The number of benzene rings is 1. The van der Waals surface area contributed by atoms with Gasteiger partial charge in [-0.3, -0.25) is 0 Å². The Labute approximate surface area is 121 Å². The van der Waals surface area contributed by atoms with Crippen molar-refractivity contribution in [3.05, 3.63) is 29.8 Å². The molecule has 0 amide bonds. The van der Waals surface area contributed by atoms with E-state index >= 15 is 0 Å². The standard InChI is InChI=1S/C16H25NO3/c1-4-9-18-14-7-5-13(6-8-14)10-17-11-15-12-19-16(2,3)20-15/h5-8,15,17H,4,9-12H2,1-3H3. The van der Waals surface area contributed by atoms with Gasteiger partial charge in [0.25, 0.3) is 0 Å². The average Bonchev–Trinajstić information content (AvgIpc) is 2.77. The van der Waals surface area contributed by atoms with Crippen LogP contribution in [0.15, 0.2) is 24.3 Å². The van der Waals surface area contributed by atoms with Crippen LogP contribution in [0, 0.1) is 0 Å². The fourth-order valence-electron chi connectivity index (χ4n) is 2.16. The van der Waals surface area contributed by atoms with Gasteiger partial charge in [0.15, 0.2) is 5.79 Å². The summed E-state index contributed by atoms with van der Waals surface area (Å²) in [5, 5.41) is 3.40. The second-order valence-electron chi connectivity index (χ2n) is 5.57. The maximum atomic E-state index is 5.75. The van der Waals surface area contributed by atoms with Crippen LogP contribution in [-0.4, -0.2) is 31.6 Å². The van der Waals surface area contributed by atoms with Crippen molar-refractivity contribution in [2.75, 3.05) is 19.8 Å². The van der Waals surface area contributed by atoms with E-state index in [2.05, 4.69) is 24.4 Å². The first-order chi connectivity index (χ1) is 9.59. The van der Waals surface area contributed by atoms with Gasteiger partial charge in [-0.05, 0) is 38.0 Å². The third-order valence-corrected chi connectivity index (χ3v) is 3.16. The zero-order valence-electron chi connectivity index (χ0n) is 12.6. The van der Waals surface area contributed by atoms with Gasteiger partial charge < -0.3 is 19.5 Å². The minimum atomic E-state index is -0.440. The quantitative estimate of drug-likeness (QED) is 0.833. The van der Waals surface area contributed by atoms with E-state index in [-0.39, 0.29) is 6.10 Å². The molecule has 112 valence electrons. The predicted octanol–water partition coefficient (Wildman–Crippen LogP) is 2.72. The first-order valence-corrected chi connectivity index (χ1v) is 7.33. The van der Waals surface area contributed by atoms with Gasteiger partial charge in [0.05, 0.1) is 19.3 Å². The monoisotopic (exact) mass is 279 g/mol. The van der Waals surface area contributed by atoms with E-state index in [4.69, 9.17) is 14.2 Å². The molecule has 0 aliphatic carbocycles. The molecule has 1 aliphatic heterocycles. The fourth-order valence-corrected chi connectivity index (χ4v) is 2.16. The van der Waals surface area contributed by atoms with Crippen LogP contribution in [0.5, 0.6) is 5.75 Å². The molecule has 1 aliphatic rings. The van der Waals surface area contributed by atoms with Gasteiger partial charge in [-0.25, -0.2) is 0 Å². The molecule has 0 aromatic heterocycles. The lowest BCUT2D eigenvalue weighted by atomic mass is 10.2. The summed E-state index contributed by atoms with van der Waals surface area (Å²) in [6.45, 7) is 9.06. The van der Waals surface area contributed by atoms with Crippen molar-refractivity contribution in [3.63, 3.8) is 0 Å². The van der Waals surface area contributed by atoms with Crippen molar-refractivity contribution < 1.29 is 14.2 Å². The molecule has 0 spiro atoms. The average molecular weight is 279 g/mol. The van der Waals surface area contributed by atoms with Gasteiger partial charge in [-0.2, -0.15) is 0 Å². The third kappa shape index (κ3) is 4.78. The van der Waals surface area contributed by atoms with E-state index in [0.29, 0.717) is 6.61 Å². The Hall–Kier alpha value is -1.10. The SMILES string of the molecule is CCCOc1ccc(CNCC2COC(C)(C)O2)cc1. The summed E-state index contributed by atoms with van der Waals surface area (Å²) >= 11 is 0. The van der Waals surface area contributed by atoms with Crippen LogP contribution >= 0.6 is 0 Å². The van der Waals surface area contributed by atoms with E-state index in [1.807, 2.05) is 26.0 Å². The molecule has 4 heteroatoms. The molecule has 1 aromatic carbocycles. The largest absolute Gasteiger partial charge is 0.494 e. The van der Waals surface area contributed by atoms with Gasteiger partial charge in [-0.15, -0.1) is 0 Å². The molecule has 0 bridgehead atoms. The second-order valence-corrected chi connectivity index (χ2v) is 5.57. The van der Waals surface area contributed by atoms with Crippen LogP contribution in [0.1, 0.15) is 32.8 Å². The van der Waals surface area contributed by atoms with Crippen LogP contribution in [0.2, 0.25) is 0 Å². The van der Waals surface area contributed by atoms with Gasteiger partial charge in [0.2, 0.25) is 0 Å². The van der Waals surface area contributed by atoms with Crippen LogP contribution in [-0.2, 0) is 16.0 Å². The summed E-state index contributed by atoms with van der Waals surface area (Å²) in [4.78, 5) is 0. The molecule has 1 N–H and O–H groups in total. The number of ether oxygens (including phenoxy) is 3. The van der Waals surface area contributed by atoms with Crippen LogP contribution in [0.25, 0.3) is 0 Å². The third-order valence-electron chi connectivity index (χ3n) is 3.16. The molecule has 1 heterocycles. The normalized spacial score (nSPS) is 21.1. The summed E-state index contributed by atoms with van der Waals surface area (Å²) < 4.78 is 16.8. The molecular formula is C16H25NO3. The molecule has 1 atom stereocenters. The minimum absolute atomic E-state index is 0.136. The van der Waals surface area contributed by atoms with Crippen LogP contribution in [0.4, 0.5) is 0 Å². The van der Waals surface area contributed by atoms with Gasteiger partial charge >= 0.3 is 0 Å². The van der Waals surface area contributed by atoms with Crippen molar-refractivity contribution in [3.8, 4) is 5.75 Å².